The van der Waals surface area contributed by atoms with Crippen LogP contribution >= 0.6 is 31.9 Å². The van der Waals surface area contributed by atoms with Crippen LogP contribution in [-0.2, 0) is 5.54 Å². The number of amides is 1. The molecule has 0 radical (unpaired) electrons. The van der Waals surface area contributed by atoms with Gasteiger partial charge in [-0.2, -0.15) is 0 Å². The number of methoxy groups -OCH3 is 1. The molecule has 0 heterocycles. The second-order valence-electron chi connectivity index (χ2n) is 5.43. The van der Waals surface area contributed by atoms with Gasteiger partial charge in [-0.15, -0.1) is 0 Å². The molecule has 22 heavy (non-hydrogen) atoms. The number of hydrogen-bond donors (Lipinski definition) is 1. The average molecular weight is 427 g/mol. The van der Waals surface area contributed by atoms with E-state index in [9.17, 15) is 4.79 Å². The van der Waals surface area contributed by atoms with E-state index in [4.69, 9.17) is 4.74 Å². The Morgan fingerprint density at radius 3 is 2.32 bits per heavy atom. The summed E-state index contributed by atoms with van der Waals surface area (Å²) in [5.41, 5.74) is 1.09. The van der Waals surface area contributed by atoms with Crippen LogP contribution in [0, 0.1) is 0 Å². The van der Waals surface area contributed by atoms with Crippen molar-refractivity contribution in [1.82, 2.24) is 5.32 Å². The molecule has 0 aliphatic rings. The van der Waals surface area contributed by atoms with E-state index >= 15 is 0 Å². The molecule has 0 aliphatic carbocycles. The summed E-state index contributed by atoms with van der Waals surface area (Å²) in [5.74, 6) is 0.494. The molecule has 2 aromatic rings. The molecule has 1 N–H and O–H groups in total. The van der Waals surface area contributed by atoms with Crippen molar-refractivity contribution in [2.45, 2.75) is 19.4 Å². The van der Waals surface area contributed by atoms with E-state index in [2.05, 4.69) is 37.2 Å². The largest absolute Gasteiger partial charge is 0.497 e. The Hall–Kier alpha value is -1.33. The first-order valence-corrected chi connectivity index (χ1v) is 8.34. The molecule has 3 nitrogen and oxygen atoms in total. The minimum Gasteiger partial charge on any atom is -0.497 e. The fourth-order valence-corrected chi connectivity index (χ4v) is 2.79. The standard InChI is InChI=1S/C17H17Br2NO2/c1-17(2,11-4-6-12(18)7-5-11)20-16(21)14-10-13(22-3)8-9-15(14)19/h4-10H,1-3H3,(H,20,21). The van der Waals surface area contributed by atoms with Crippen LogP contribution in [0.25, 0.3) is 0 Å². The topological polar surface area (TPSA) is 38.3 Å². The Labute approximate surface area is 147 Å². The number of ether oxygens (including phenoxy) is 1. The highest BCUT2D eigenvalue weighted by atomic mass is 79.9. The van der Waals surface area contributed by atoms with Gasteiger partial charge in [-0.25, -0.2) is 0 Å². The van der Waals surface area contributed by atoms with E-state index in [1.165, 1.54) is 0 Å². The van der Waals surface area contributed by atoms with Crippen LogP contribution in [0.2, 0.25) is 0 Å². The Kier molecular flexibility index (Phi) is 5.29. The summed E-state index contributed by atoms with van der Waals surface area (Å²) < 4.78 is 6.92. The van der Waals surface area contributed by atoms with Crippen LogP contribution < -0.4 is 10.1 Å². The van der Waals surface area contributed by atoms with E-state index in [1.807, 2.05) is 38.1 Å². The van der Waals surface area contributed by atoms with Gasteiger partial charge in [-0.05, 0) is 65.7 Å². The zero-order valence-corrected chi connectivity index (χ0v) is 15.8. The molecule has 2 aromatic carbocycles. The molecule has 0 atom stereocenters. The van der Waals surface area contributed by atoms with Gasteiger partial charge in [0.25, 0.3) is 5.91 Å². The molecule has 116 valence electrons. The molecule has 0 saturated carbocycles. The average Bonchev–Trinajstić information content (AvgIpc) is 2.47. The molecule has 0 saturated heterocycles. The molecule has 0 aromatic heterocycles. The van der Waals surface area contributed by atoms with Crippen LogP contribution in [0.5, 0.6) is 5.75 Å². The predicted octanol–water partition coefficient (Wildman–Crippen LogP) is 4.89. The number of carbonyl (C=O) groups is 1. The zero-order valence-electron chi connectivity index (χ0n) is 12.6. The van der Waals surface area contributed by atoms with Crippen LogP contribution in [0.15, 0.2) is 51.4 Å². The van der Waals surface area contributed by atoms with Crippen molar-refractivity contribution in [3.8, 4) is 5.75 Å². The SMILES string of the molecule is COc1ccc(Br)c(C(=O)NC(C)(C)c2ccc(Br)cc2)c1. The Balaban J connectivity index is 2.25. The highest BCUT2D eigenvalue weighted by molar-refractivity contribution is 9.10. The third kappa shape index (κ3) is 3.90. The van der Waals surface area contributed by atoms with Crippen molar-refractivity contribution in [2.75, 3.05) is 7.11 Å². The van der Waals surface area contributed by atoms with Crippen molar-refractivity contribution >= 4 is 37.8 Å². The minimum atomic E-state index is -0.486. The summed E-state index contributed by atoms with van der Waals surface area (Å²) in [6.07, 6.45) is 0. The van der Waals surface area contributed by atoms with E-state index in [-0.39, 0.29) is 5.91 Å². The van der Waals surface area contributed by atoms with Gasteiger partial charge in [-0.1, -0.05) is 28.1 Å². The number of rotatable bonds is 4. The quantitative estimate of drug-likeness (QED) is 0.756. The van der Waals surface area contributed by atoms with Crippen molar-refractivity contribution in [3.05, 3.63) is 62.5 Å². The summed E-state index contributed by atoms with van der Waals surface area (Å²) in [5, 5.41) is 3.06. The summed E-state index contributed by atoms with van der Waals surface area (Å²) in [4.78, 5) is 12.6. The first kappa shape index (κ1) is 17.0. The lowest BCUT2D eigenvalue weighted by molar-refractivity contribution is 0.0911. The van der Waals surface area contributed by atoms with E-state index in [0.29, 0.717) is 11.3 Å². The molecular weight excluding hydrogens is 410 g/mol. The van der Waals surface area contributed by atoms with Gasteiger partial charge in [0.1, 0.15) is 5.75 Å². The van der Waals surface area contributed by atoms with Gasteiger partial charge in [0.15, 0.2) is 0 Å². The summed E-state index contributed by atoms with van der Waals surface area (Å²) in [6.45, 7) is 3.95. The Bertz CT molecular complexity index is 682. The fraction of sp³-hybridized carbons (Fsp3) is 0.235. The van der Waals surface area contributed by atoms with Crippen molar-refractivity contribution in [2.24, 2.45) is 0 Å². The van der Waals surface area contributed by atoms with Gasteiger partial charge in [0, 0.05) is 8.95 Å². The third-order valence-electron chi connectivity index (χ3n) is 3.41. The highest BCUT2D eigenvalue weighted by Crippen LogP contribution is 2.26. The van der Waals surface area contributed by atoms with Crippen molar-refractivity contribution < 1.29 is 9.53 Å². The lowest BCUT2D eigenvalue weighted by Gasteiger charge is -2.27. The van der Waals surface area contributed by atoms with Crippen LogP contribution in [-0.4, -0.2) is 13.0 Å². The Morgan fingerprint density at radius 1 is 1.09 bits per heavy atom. The molecule has 0 fully saturated rings. The molecular formula is C17H17Br2NO2. The van der Waals surface area contributed by atoms with Gasteiger partial charge < -0.3 is 10.1 Å². The smallest absolute Gasteiger partial charge is 0.253 e. The fourth-order valence-electron chi connectivity index (χ4n) is 2.10. The number of carbonyl (C=O) groups excluding carboxylic acids is 1. The molecule has 0 aliphatic heterocycles. The van der Waals surface area contributed by atoms with Crippen molar-refractivity contribution in [3.63, 3.8) is 0 Å². The maximum atomic E-state index is 12.6. The summed E-state index contributed by atoms with van der Waals surface area (Å²) >= 11 is 6.83. The monoisotopic (exact) mass is 425 g/mol. The maximum absolute atomic E-state index is 12.6. The predicted molar refractivity (Wildman–Crippen MR) is 95.3 cm³/mol. The lowest BCUT2D eigenvalue weighted by Crippen LogP contribution is -2.41. The van der Waals surface area contributed by atoms with Gasteiger partial charge in [0.2, 0.25) is 0 Å². The molecule has 0 unspecified atom stereocenters. The number of hydrogen-bond acceptors (Lipinski definition) is 2. The summed E-state index contributed by atoms with van der Waals surface area (Å²) in [6, 6.07) is 13.2. The van der Waals surface area contributed by atoms with Gasteiger partial charge in [0.05, 0.1) is 18.2 Å². The molecule has 2 rings (SSSR count). The number of nitrogens with one attached hydrogen (secondary N) is 1. The van der Waals surface area contributed by atoms with Crippen LogP contribution in [0.3, 0.4) is 0 Å². The zero-order chi connectivity index (χ0) is 16.3. The normalized spacial score (nSPS) is 11.1. The second-order valence-corrected chi connectivity index (χ2v) is 7.20. The van der Waals surface area contributed by atoms with E-state index in [1.54, 1.807) is 25.3 Å². The minimum absolute atomic E-state index is 0.154. The van der Waals surface area contributed by atoms with Crippen LogP contribution in [0.4, 0.5) is 0 Å². The molecule has 0 bridgehead atoms. The van der Waals surface area contributed by atoms with E-state index in [0.717, 1.165) is 14.5 Å². The lowest BCUT2D eigenvalue weighted by atomic mass is 9.94. The number of halogens is 2. The number of benzene rings is 2. The highest BCUT2D eigenvalue weighted by Gasteiger charge is 2.24. The first-order chi connectivity index (χ1) is 10.3. The molecule has 0 spiro atoms. The summed E-state index contributed by atoms with van der Waals surface area (Å²) in [7, 11) is 1.58. The van der Waals surface area contributed by atoms with Crippen molar-refractivity contribution in [1.29, 1.82) is 0 Å². The third-order valence-corrected chi connectivity index (χ3v) is 4.63. The molecule has 1 amide bonds. The van der Waals surface area contributed by atoms with Gasteiger partial charge >= 0.3 is 0 Å². The molecule has 5 heteroatoms. The van der Waals surface area contributed by atoms with Gasteiger partial charge in [-0.3, -0.25) is 4.79 Å². The Morgan fingerprint density at radius 2 is 1.73 bits per heavy atom. The second kappa shape index (κ2) is 6.84. The maximum Gasteiger partial charge on any atom is 0.253 e. The first-order valence-electron chi connectivity index (χ1n) is 6.75. The van der Waals surface area contributed by atoms with E-state index < -0.39 is 5.54 Å². The van der Waals surface area contributed by atoms with Crippen LogP contribution in [0.1, 0.15) is 29.8 Å².